The van der Waals surface area contributed by atoms with Gasteiger partial charge in [-0.3, -0.25) is 0 Å². The van der Waals surface area contributed by atoms with E-state index in [0.717, 1.165) is 0 Å². The highest BCUT2D eigenvalue weighted by atomic mass is 35.5. The van der Waals surface area contributed by atoms with Crippen molar-refractivity contribution in [3.63, 3.8) is 0 Å². The molecule has 0 unspecified atom stereocenters. The summed E-state index contributed by atoms with van der Waals surface area (Å²) >= 11 is 5.67. The van der Waals surface area contributed by atoms with E-state index in [1.54, 1.807) is 13.8 Å². The number of ether oxygens (including phenoxy) is 1. The largest absolute Gasteiger partial charge is 0.463 e. The van der Waals surface area contributed by atoms with Gasteiger partial charge in [0.05, 0.1) is 18.2 Å². The molecule has 0 saturated heterocycles. The van der Waals surface area contributed by atoms with Gasteiger partial charge in [-0.05, 0) is 13.8 Å². The molecule has 0 saturated carbocycles. The minimum Gasteiger partial charge on any atom is -0.463 e. The number of carbonyl (C=O) groups excluding carboxylic acids is 2. The maximum Gasteiger partial charge on any atom is 0.337 e. The summed E-state index contributed by atoms with van der Waals surface area (Å²) in [5.41, 5.74) is 0.870. The molecule has 1 aliphatic heterocycles. The predicted octanol–water partition coefficient (Wildman–Crippen LogP) is 0.744. The molecule has 1 rings (SSSR count). The zero-order chi connectivity index (χ0) is 11.4. The van der Waals surface area contributed by atoms with E-state index in [-0.39, 0.29) is 11.9 Å². The van der Waals surface area contributed by atoms with E-state index < -0.39 is 12.0 Å². The summed E-state index contributed by atoms with van der Waals surface area (Å²) < 4.78 is 4.87. The van der Waals surface area contributed by atoms with E-state index in [1.807, 2.05) is 0 Å². The summed E-state index contributed by atoms with van der Waals surface area (Å²) in [5, 5.41) is 5.05. The second kappa shape index (κ2) is 5.02. The van der Waals surface area contributed by atoms with Gasteiger partial charge in [0.2, 0.25) is 0 Å². The average molecular weight is 233 g/mol. The van der Waals surface area contributed by atoms with Gasteiger partial charge in [0.15, 0.2) is 0 Å². The monoisotopic (exact) mass is 232 g/mol. The summed E-state index contributed by atoms with van der Waals surface area (Å²) in [7, 11) is 0. The molecule has 0 aromatic heterocycles. The molecule has 0 bridgehead atoms. The van der Waals surface area contributed by atoms with Gasteiger partial charge < -0.3 is 15.4 Å². The molecular weight excluding hydrogens is 220 g/mol. The normalized spacial score (nSPS) is 20.7. The van der Waals surface area contributed by atoms with E-state index >= 15 is 0 Å². The lowest BCUT2D eigenvalue weighted by atomic mass is 10.1. The van der Waals surface area contributed by atoms with Crippen LogP contribution in [-0.4, -0.2) is 30.5 Å². The topological polar surface area (TPSA) is 67.4 Å². The number of rotatable bonds is 3. The Labute approximate surface area is 92.8 Å². The van der Waals surface area contributed by atoms with Gasteiger partial charge in [-0.15, -0.1) is 11.6 Å². The molecule has 0 spiro atoms. The maximum absolute atomic E-state index is 11.6. The first-order chi connectivity index (χ1) is 7.10. The van der Waals surface area contributed by atoms with E-state index in [1.165, 1.54) is 0 Å². The number of allylic oxidation sites excluding steroid dienone is 1. The number of urea groups is 1. The number of halogens is 1. The molecule has 0 aromatic carbocycles. The Kier molecular flexibility index (Phi) is 3.96. The van der Waals surface area contributed by atoms with Crippen LogP contribution in [0.5, 0.6) is 0 Å². The van der Waals surface area contributed by atoms with Crippen LogP contribution in [0.15, 0.2) is 11.3 Å². The van der Waals surface area contributed by atoms with Crippen molar-refractivity contribution in [3.8, 4) is 0 Å². The summed E-state index contributed by atoms with van der Waals surface area (Å²) in [4.78, 5) is 22.7. The SMILES string of the molecule is CCOC(=O)C1=C(C)NC(=O)N[C@@H]1CCl. The van der Waals surface area contributed by atoms with Crippen LogP contribution >= 0.6 is 11.6 Å². The summed E-state index contributed by atoms with van der Waals surface area (Å²) in [6, 6.07) is -0.842. The minimum absolute atomic E-state index is 0.138. The summed E-state index contributed by atoms with van der Waals surface area (Å²) in [6.07, 6.45) is 0. The van der Waals surface area contributed by atoms with Crippen molar-refractivity contribution in [1.82, 2.24) is 10.6 Å². The first-order valence-electron chi connectivity index (χ1n) is 4.61. The standard InChI is InChI=1S/C9H13ClN2O3/c1-3-15-8(13)7-5(2)11-9(14)12-6(7)4-10/h6H,3-4H2,1-2H3,(H2,11,12,14)/t6-/m1/s1. The molecule has 6 heteroatoms. The second-order valence-electron chi connectivity index (χ2n) is 3.06. The third kappa shape index (κ3) is 2.62. The Morgan fingerprint density at radius 2 is 2.27 bits per heavy atom. The van der Waals surface area contributed by atoms with Crippen LogP contribution in [0, 0.1) is 0 Å². The summed E-state index contributed by atoms with van der Waals surface area (Å²) in [6.45, 7) is 3.65. The van der Waals surface area contributed by atoms with Crippen LogP contribution in [0.1, 0.15) is 13.8 Å². The van der Waals surface area contributed by atoms with Crippen LogP contribution in [0.2, 0.25) is 0 Å². The predicted molar refractivity (Wildman–Crippen MR) is 55.5 cm³/mol. The van der Waals surface area contributed by atoms with Crippen LogP contribution in [0.25, 0.3) is 0 Å². The van der Waals surface area contributed by atoms with E-state index in [4.69, 9.17) is 16.3 Å². The Morgan fingerprint density at radius 1 is 1.60 bits per heavy atom. The zero-order valence-corrected chi connectivity index (χ0v) is 9.35. The fourth-order valence-corrected chi connectivity index (χ4v) is 1.62. The number of amides is 2. The van der Waals surface area contributed by atoms with E-state index in [2.05, 4.69) is 10.6 Å². The number of nitrogens with one attached hydrogen (secondary N) is 2. The van der Waals surface area contributed by atoms with Crippen molar-refractivity contribution >= 4 is 23.6 Å². The lowest BCUT2D eigenvalue weighted by Gasteiger charge is -2.26. The van der Waals surface area contributed by atoms with Gasteiger partial charge in [0.1, 0.15) is 0 Å². The molecule has 0 fully saturated rings. The molecule has 0 aromatic rings. The quantitative estimate of drug-likeness (QED) is 0.557. The van der Waals surface area contributed by atoms with Gasteiger partial charge in [0, 0.05) is 11.6 Å². The molecule has 0 aliphatic carbocycles. The van der Waals surface area contributed by atoms with E-state index in [9.17, 15) is 9.59 Å². The van der Waals surface area contributed by atoms with Gasteiger partial charge in [-0.1, -0.05) is 0 Å². The fraction of sp³-hybridized carbons (Fsp3) is 0.556. The lowest BCUT2D eigenvalue weighted by molar-refractivity contribution is -0.138. The molecule has 1 heterocycles. The number of alkyl halides is 1. The molecule has 1 aliphatic rings. The smallest absolute Gasteiger partial charge is 0.337 e. The minimum atomic E-state index is -0.487. The average Bonchev–Trinajstić information content (AvgIpc) is 2.16. The van der Waals surface area contributed by atoms with Crippen molar-refractivity contribution < 1.29 is 14.3 Å². The molecule has 1 atom stereocenters. The summed E-state index contributed by atoms with van der Waals surface area (Å²) in [5.74, 6) is -0.313. The maximum atomic E-state index is 11.6. The van der Waals surface area contributed by atoms with Crippen LogP contribution < -0.4 is 10.6 Å². The number of carbonyl (C=O) groups is 2. The molecule has 0 radical (unpaired) electrons. The lowest BCUT2D eigenvalue weighted by Crippen LogP contribution is -2.50. The molecule has 5 nitrogen and oxygen atoms in total. The number of hydrogen-bond acceptors (Lipinski definition) is 3. The Morgan fingerprint density at radius 3 is 2.80 bits per heavy atom. The van der Waals surface area contributed by atoms with Crippen LogP contribution in [-0.2, 0) is 9.53 Å². The molecule has 15 heavy (non-hydrogen) atoms. The van der Waals surface area contributed by atoms with E-state index in [0.29, 0.717) is 17.9 Å². The van der Waals surface area contributed by atoms with Crippen LogP contribution in [0.4, 0.5) is 4.79 Å². The van der Waals surface area contributed by atoms with Gasteiger partial charge in [-0.2, -0.15) is 0 Å². The Hall–Kier alpha value is -1.23. The number of esters is 1. The molecule has 2 amide bonds. The first kappa shape index (κ1) is 11.8. The third-order valence-electron chi connectivity index (χ3n) is 2.01. The second-order valence-corrected chi connectivity index (χ2v) is 3.37. The zero-order valence-electron chi connectivity index (χ0n) is 8.59. The molecule has 84 valence electrons. The third-order valence-corrected chi connectivity index (χ3v) is 2.32. The fourth-order valence-electron chi connectivity index (χ4n) is 1.39. The van der Waals surface area contributed by atoms with Gasteiger partial charge >= 0.3 is 12.0 Å². The van der Waals surface area contributed by atoms with Crippen molar-refractivity contribution in [2.45, 2.75) is 19.9 Å². The van der Waals surface area contributed by atoms with Crippen molar-refractivity contribution in [2.24, 2.45) is 0 Å². The van der Waals surface area contributed by atoms with Gasteiger partial charge in [0.25, 0.3) is 0 Å². The number of hydrogen-bond donors (Lipinski definition) is 2. The Bertz CT molecular complexity index is 314. The highest BCUT2D eigenvalue weighted by molar-refractivity contribution is 6.19. The van der Waals surface area contributed by atoms with Gasteiger partial charge in [-0.25, -0.2) is 9.59 Å². The van der Waals surface area contributed by atoms with Crippen LogP contribution in [0.3, 0.4) is 0 Å². The van der Waals surface area contributed by atoms with Crippen molar-refractivity contribution in [3.05, 3.63) is 11.3 Å². The Balaban J connectivity index is 2.93. The highest BCUT2D eigenvalue weighted by Crippen LogP contribution is 2.14. The van der Waals surface area contributed by atoms with Crippen molar-refractivity contribution in [2.75, 3.05) is 12.5 Å². The first-order valence-corrected chi connectivity index (χ1v) is 5.15. The molecule has 2 N–H and O–H groups in total. The molecular formula is C9H13ClN2O3. The van der Waals surface area contributed by atoms with Crippen molar-refractivity contribution in [1.29, 1.82) is 0 Å². The highest BCUT2D eigenvalue weighted by Gasteiger charge is 2.29.